The van der Waals surface area contributed by atoms with E-state index in [9.17, 15) is 13.0 Å². The molecular formula is C34H55KO3S. The molecule has 0 aromatic heterocycles. The van der Waals surface area contributed by atoms with E-state index in [-0.39, 0.29) is 56.3 Å². The Hall–Kier alpha value is 0.246. The van der Waals surface area contributed by atoms with Crippen molar-refractivity contribution in [1.29, 1.82) is 0 Å². The van der Waals surface area contributed by atoms with Gasteiger partial charge in [-0.2, -0.15) is 0 Å². The number of aryl methyl sites for hydroxylation is 1. The molecule has 0 radical (unpaired) electrons. The van der Waals surface area contributed by atoms with Gasteiger partial charge < -0.3 is 4.55 Å². The first kappa shape index (κ1) is 37.3. The molecule has 0 bridgehead atoms. The van der Waals surface area contributed by atoms with E-state index in [1.165, 1.54) is 103 Å². The molecule has 216 valence electrons. The summed E-state index contributed by atoms with van der Waals surface area (Å²) in [6.07, 6.45) is 26.7. The number of unbranched alkanes of at least 4 members (excludes halogenated alkanes) is 18. The van der Waals surface area contributed by atoms with Crippen LogP contribution in [-0.2, 0) is 23.0 Å². The van der Waals surface area contributed by atoms with E-state index in [0.29, 0.717) is 6.42 Å². The van der Waals surface area contributed by atoms with Gasteiger partial charge in [0, 0.05) is 0 Å². The Balaban J connectivity index is 0.00000760. The minimum Gasteiger partial charge on any atom is -0.744 e. The largest absolute Gasteiger partial charge is 1.00 e. The Kier molecular flexibility index (Phi) is 21.8. The Bertz CT molecular complexity index is 1000. The van der Waals surface area contributed by atoms with Crippen LogP contribution in [0.2, 0.25) is 0 Å². The second kappa shape index (κ2) is 22.8. The molecule has 5 heteroatoms. The van der Waals surface area contributed by atoms with E-state index in [2.05, 4.69) is 19.9 Å². The fourth-order valence-corrected chi connectivity index (χ4v) is 6.60. The van der Waals surface area contributed by atoms with Gasteiger partial charge in [-0.3, -0.25) is 0 Å². The molecule has 0 N–H and O–H groups in total. The summed E-state index contributed by atoms with van der Waals surface area (Å²) >= 11 is 0. The smallest absolute Gasteiger partial charge is 0.744 e. The maximum absolute atomic E-state index is 12.3. The van der Waals surface area contributed by atoms with Crippen LogP contribution in [-0.4, -0.2) is 13.0 Å². The third kappa shape index (κ3) is 15.3. The zero-order chi connectivity index (χ0) is 27.5. The molecule has 0 aliphatic heterocycles. The summed E-state index contributed by atoms with van der Waals surface area (Å²) in [5.41, 5.74) is 1.90. The third-order valence-corrected chi connectivity index (χ3v) is 8.97. The van der Waals surface area contributed by atoms with Crippen LogP contribution in [0.5, 0.6) is 0 Å². The van der Waals surface area contributed by atoms with Gasteiger partial charge in [-0.05, 0) is 53.6 Å². The van der Waals surface area contributed by atoms with Crippen molar-refractivity contribution < 1.29 is 64.4 Å². The molecule has 0 saturated carbocycles. The zero-order valence-electron chi connectivity index (χ0n) is 25.6. The Morgan fingerprint density at radius 2 is 0.949 bits per heavy atom. The molecule has 39 heavy (non-hydrogen) atoms. The maximum atomic E-state index is 12.3. The summed E-state index contributed by atoms with van der Waals surface area (Å²) in [5, 5.41) is 1.99. The molecule has 0 aliphatic rings. The molecular weight excluding hydrogens is 528 g/mol. The van der Waals surface area contributed by atoms with E-state index in [1.807, 2.05) is 18.2 Å². The molecule has 0 atom stereocenters. The quantitative estimate of drug-likeness (QED) is 0.0767. The summed E-state index contributed by atoms with van der Waals surface area (Å²) in [7, 11) is -4.51. The molecule has 0 amide bonds. The second-order valence-corrected chi connectivity index (χ2v) is 12.7. The first-order chi connectivity index (χ1) is 18.5. The van der Waals surface area contributed by atoms with Gasteiger partial charge in [0.15, 0.2) is 0 Å². The Labute approximate surface area is 283 Å². The normalized spacial score (nSPS) is 11.7. The average molecular weight is 583 g/mol. The summed E-state index contributed by atoms with van der Waals surface area (Å²) in [6, 6.07) is 9.63. The monoisotopic (exact) mass is 582 g/mol. The van der Waals surface area contributed by atoms with Gasteiger partial charge in [-0.25, -0.2) is 8.42 Å². The SMILES string of the molecule is CCCCCCCCCCCCc1c(S(=O)(=O)[O-])cc2ccccc2c1CCCCCCCCCCCC.[K+]. The van der Waals surface area contributed by atoms with Gasteiger partial charge in [0.25, 0.3) is 0 Å². The van der Waals surface area contributed by atoms with Crippen LogP contribution in [0.3, 0.4) is 0 Å². The Morgan fingerprint density at radius 3 is 1.38 bits per heavy atom. The van der Waals surface area contributed by atoms with Crippen molar-refractivity contribution >= 4 is 20.9 Å². The molecule has 2 aromatic carbocycles. The summed E-state index contributed by atoms with van der Waals surface area (Å²) in [6.45, 7) is 4.51. The van der Waals surface area contributed by atoms with Crippen LogP contribution in [0.15, 0.2) is 35.2 Å². The van der Waals surface area contributed by atoms with Gasteiger partial charge in [0.1, 0.15) is 10.1 Å². The first-order valence-electron chi connectivity index (χ1n) is 16.0. The van der Waals surface area contributed by atoms with Crippen LogP contribution >= 0.6 is 0 Å². The van der Waals surface area contributed by atoms with E-state index in [1.54, 1.807) is 6.07 Å². The Morgan fingerprint density at radius 1 is 0.564 bits per heavy atom. The van der Waals surface area contributed by atoms with Crippen molar-refractivity contribution in [2.45, 2.75) is 160 Å². The fraction of sp³-hybridized carbons (Fsp3) is 0.706. The van der Waals surface area contributed by atoms with E-state index in [4.69, 9.17) is 0 Å². The van der Waals surface area contributed by atoms with Crippen molar-refractivity contribution in [2.24, 2.45) is 0 Å². The molecule has 0 aliphatic carbocycles. The minimum atomic E-state index is -4.51. The molecule has 2 rings (SSSR count). The van der Waals surface area contributed by atoms with Crippen LogP contribution in [0, 0.1) is 0 Å². The number of rotatable bonds is 23. The van der Waals surface area contributed by atoms with Gasteiger partial charge >= 0.3 is 51.4 Å². The number of fused-ring (bicyclic) bond motifs is 1. The van der Waals surface area contributed by atoms with Crippen molar-refractivity contribution in [3.05, 3.63) is 41.5 Å². The molecule has 0 spiro atoms. The van der Waals surface area contributed by atoms with Crippen molar-refractivity contribution in [3.63, 3.8) is 0 Å². The number of benzene rings is 2. The minimum absolute atomic E-state index is 0. The van der Waals surface area contributed by atoms with Gasteiger partial charge in [-0.15, -0.1) is 0 Å². The third-order valence-electron chi connectivity index (χ3n) is 8.06. The van der Waals surface area contributed by atoms with Crippen LogP contribution < -0.4 is 51.4 Å². The predicted octanol–water partition coefficient (Wildman–Crippen LogP) is 7.67. The molecule has 3 nitrogen and oxygen atoms in total. The topological polar surface area (TPSA) is 57.2 Å². The van der Waals surface area contributed by atoms with E-state index in [0.717, 1.165) is 54.0 Å². The molecule has 0 unspecified atom stereocenters. The fourth-order valence-electron chi connectivity index (χ4n) is 5.80. The van der Waals surface area contributed by atoms with Crippen LogP contribution in [0.1, 0.15) is 153 Å². The zero-order valence-corrected chi connectivity index (χ0v) is 29.5. The summed E-state index contributed by atoms with van der Waals surface area (Å²) in [4.78, 5) is 0.0224. The van der Waals surface area contributed by atoms with E-state index >= 15 is 0 Å². The molecule has 0 saturated heterocycles. The van der Waals surface area contributed by atoms with Crippen LogP contribution in [0.4, 0.5) is 0 Å². The van der Waals surface area contributed by atoms with Gasteiger partial charge in [0.05, 0.1) is 4.90 Å². The first-order valence-corrected chi connectivity index (χ1v) is 17.4. The molecule has 2 aromatic rings. The number of hydrogen-bond donors (Lipinski definition) is 0. The standard InChI is InChI=1S/C34H56O3S.K/c1-3-5-7-9-11-13-15-17-19-21-27-32-31-26-24-23-25-30(31)29-34(38(35,36)37)33(32)28-22-20-18-16-14-12-10-8-6-4-2;/h23-26,29H,3-22,27-28H2,1-2H3,(H,35,36,37);/q;+1/p-1. The van der Waals surface area contributed by atoms with Crippen molar-refractivity contribution in [3.8, 4) is 0 Å². The van der Waals surface area contributed by atoms with Gasteiger partial charge in [-0.1, -0.05) is 154 Å². The maximum Gasteiger partial charge on any atom is 1.00 e. The van der Waals surface area contributed by atoms with Gasteiger partial charge in [0.2, 0.25) is 0 Å². The summed E-state index contributed by atoms with van der Waals surface area (Å²) in [5.74, 6) is 0. The predicted molar refractivity (Wildman–Crippen MR) is 163 cm³/mol. The molecule has 0 fully saturated rings. The molecule has 0 heterocycles. The van der Waals surface area contributed by atoms with Crippen LogP contribution in [0.25, 0.3) is 10.8 Å². The number of hydrogen-bond acceptors (Lipinski definition) is 3. The summed E-state index contributed by atoms with van der Waals surface area (Å²) < 4.78 is 37.0. The second-order valence-electron chi connectivity index (χ2n) is 11.4. The van der Waals surface area contributed by atoms with Crippen molar-refractivity contribution in [1.82, 2.24) is 0 Å². The van der Waals surface area contributed by atoms with Crippen molar-refractivity contribution in [2.75, 3.05) is 0 Å². The van der Waals surface area contributed by atoms with E-state index < -0.39 is 10.1 Å². The average Bonchev–Trinajstić information content (AvgIpc) is 2.90.